The molecule has 2 rings (SSSR count). The Morgan fingerprint density at radius 3 is 2.81 bits per heavy atom. The highest BCUT2D eigenvalue weighted by atomic mass is 32.2. The van der Waals surface area contributed by atoms with E-state index in [1.165, 1.54) is 11.8 Å². The van der Waals surface area contributed by atoms with Crippen LogP contribution < -0.4 is 11.1 Å². The molecule has 0 unspecified atom stereocenters. The van der Waals surface area contributed by atoms with Crippen molar-refractivity contribution in [2.45, 2.75) is 24.3 Å². The highest BCUT2D eigenvalue weighted by Crippen LogP contribution is 2.28. The second-order valence-corrected chi connectivity index (χ2v) is 6.64. The van der Waals surface area contributed by atoms with Gasteiger partial charge in [0.2, 0.25) is 11.1 Å². The fraction of sp³-hybridized carbons (Fsp3) is 0.333. The fourth-order valence-electron chi connectivity index (χ4n) is 1.62. The van der Waals surface area contributed by atoms with Crippen LogP contribution in [0.25, 0.3) is 10.7 Å². The van der Waals surface area contributed by atoms with E-state index in [1.807, 2.05) is 31.4 Å². The lowest BCUT2D eigenvalue weighted by molar-refractivity contribution is -0.120. The molecule has 0 saturated heterocycles. The van der Waals surface area contributed by atoms with Gasteiger partial charge in [0, 0.05) is 0 Å². The molecule has 0 bridgehead atoms. The van der Waals surface area contributed by atoms with E-state index in [4.69, 9.17) is 5.73 Å². The van der Waals surface area contributed by atoms with Crippen molar-refractivity contribution in [1.29, 1.82) is 0 Å². The van der Waals surface area contributed by atoms with Crippen molar-refractivity contribution in [3.8, 4) is 10.7 Å². The summed E-state index contributed by atoms with van der Waals surface area (Å²) in [6.07, 6.45) is 0. The molecule has 3 amide bonds. The second kappa shape index (κ2) is 6.72. The first-order valence-corrected chi connectivity index (χ1v) is 7.96. The molecule has 2 aromatic rings. The Bertz CT molecular complexity index is 623. The summed E-state index contributed by atoms with van der Waals surface area (Å²) in [5, 5.41) is 10.9. The summed E-state index contributed by atoms with van der Waals surface area (Å²) in [4.78, 5) is 28.0. The highest BCUT2D eigenvalue weighted by molar-refractivity contribution is 8.00. The third kappa shape index (κ3) is 4.05. The highest BCUT2D eigenvalue weighted by Gasteiger charge is 2.26. The van der Waals surface area contributed by atoms with Gasteiger partial charge in [0.1, 0.15) is 0 Å². The van der Waals surface area contributed by atoms with E-state index < -0.39 is 17.2 Å². The number of thioether (sulfide) groups is 1. The summed E-state index contributed by atoms with van der Waals surface area (Å²) < 4.78 is 0. The second-order valence-electron chi connectivity index (χ2n) is 4.58. The number of amides is 3. The largest absolute Gasteiger partial charge is 0.351 e. The number of carbonyl (C=O) groups is 2. The number of aromatic amines is 1. The van der Waals surface area contributed by atoms with Crippen LogP contribution in [0.5, 0.6) is 0 Å². The average molecular weight is 325 g/mol. The molecule has 4 N–H and O–H groups in total. The lowest BCUT2D eigenvalue weighted by atomic mass is 10.1. The number of hydrogen-bond acceptors (Lipinski definition) is 6. The van der Waals surface area contributed by atoms with E-state index >= 15 is 0 Å². The van der Waals surface area contributed by atoms with Crippen molar-refractivity contribution in [1.82, 2.24) is 20.5 Å². The van der Waals surface area contributed by atoms with E-state index in [2.05, 4.69) is 20.5 Å². The lowest BCUT2D eigenvalue weighted by Gasteiger charge is -2.16. The number of hydrogen-bond donors (Lipinski definition) is 3. The topological polar surface area (TPSA) is 114 Å². The number of imide groups is 1. The number of aromatic nitrogens is 3. The summed E-state index contributed by atoms with van der Waals surface area (Å²) in [7, 11) is 0. The van der Waals surface area contributed by atoms with Gasteiger partial charge < -0.3 is 5.73 Å². The van der Waals surface area contributed by atoms with Crippen molar-refractivity contribution < 1.29 is 9.59 Å². The molecular formula is C12H15N5O2S2. The van der Waals surface area contributed by atoms with Gasteiger partial charge in [-0.3, -0.25) is 15.2 Å². The van der Waals surface area contributed by atoms with Gasteiger partial charge in [-0.05, 0) is 17.4 Å². The molecule has 0 aliphatic rings. The average Bonchev–Trinajstić information content (AvgIpc) is 3.05. The van der Waals surface area contributed by atoms with Gasteiger partial charge in [-0.15, -0.1) is 16.4 Å². The van der Waals surface area contributed by atoms with Crippen molar-refractivity contribution in [3.05, 3.63) is 17.5 Å². The maximum Gasteiger partial charge on any atom is 0.318 e. The Balaban J connectivity index is 2.10. The SMILES string of the molecule is CC(C)[C@@H](Sc1n[nH]c(-c2cccs2)n1)C(=O)NC(N)=O. The summed E-state index contributed by atoms with van der Waals surface area (Å²) in [6, 6.07) is 2.99. The van der Waals surface area contributed by atoms with Crippen molar-refractivity contribution in [2.75, 3.05) is 0 Å². The van der Waals surface area contributed by atoms with Crippen LogP contribution in [0, 0.1) is 5.92 Å². The molecule has 0 aromatic carbocycles. The Morgan fingerprint density at radius 1 is 1.48 bits per heavy atom. The number of urea groups is 1. The van der Waals surface area contributed by atoms with Gasteiger partial charge in [0.15, 0.2) is 5.82 Å². The molecule has 2 heterocycles. The number of thiophene rings is 1. The first-order valence-electron chi connectivity index (χ1n) is 6.20. The molecular weight excluding hydrogens is 310 g/mol. The van der Waals surface area contributed by atoms with Crippen molar-refractivity contribution in [2.24, 2.45) is 11.7 Å². The maximum absolute atomic E-state index is 11.9. The molecule has 0 saturated carbocycles. The van der Waals surface area contributed by atoms with E-state index in [1.54, 1.807) is 11.3 Å². The smallest absolute Gasteiger partial charge is 0.318 e. The minimum absolute atomic E-state index is 0.00182. The van der Waals surface area contributed by atoms with E-state index in [9.17, 15) is 9.59 Å². The Kier molecular flexibility index (Phi) is 4.97. The van der Waals surface area contributed by atoms with E-state index in [0.29, 0.717) is 11.0 Å². The van der Waals surface area contributed by atoms with Crippen LogP contribution in [0.15, 0.2) is 22.7 Å². The lowest BCUT2D eigenvalue weighted by Crippen LogP contribution is -2.42. The van der Waals surface area contributed by atoms with Crippen molar-refractivity contribution in [3.63, 3.8) is 0 Å². The summed E-state index contributed by atoms with van der Waals surface area (Å²) in [5.74, 6) is 0.216. The molecule has 1 atom stereocenters. The Morgan fingerprint density at radius 2 is 2.24 bits per heavy atom. The number of rotatable bonds is 5. The monoisotopic (exact) mass is 325 g/mol. The molecule has 9 heteroatoms. The standard InChI is InChI=1S/C12H15N5O2S2/c1-6(2)8(10(18)15-11(13)19)21-12-14-9(16-17-12)7-4-3-5-20-7/h3-6,8H,1-2H3,(H,14,16,17)(H3,13,15,18,19)/t8-/m1/s1. The third-order valence-electron chi connectivity index (χ3n) is 2.56. The minimum atomic E-state index is -0.861. The number of nitrogens with two attached hydrogens (primary N) is 1. The van der Waals surface area contributed by atoms with Gasteiger partial charge in [-0.1, -0.05) is 31.7 Å². The normalized spacial score (nSPS) is 12.3. The van der Waals surface area contributed by atoms with Gasteiger partial charge in [0.25, 0.3) is 0 Å². The van der Waals surface area contributed by atoms with Crippen molar-refractivity contribution >= 4 is 35.0 Å². The molecule has 112 valence electrons. The van der Waals surface area contributed by atoms with Gasteiger partial charge in [-0.2, -0.15) is 0 Å². The molecule has 2 aromatic heterocycles. The van der Waals surface area contributed by atoms with Crippen LogP contribution in [-0.2, 0) is 4.79 Å². The van der Waals surface area contributed by atoms with Crippen LogP contribution in [0.4, 0.5) is 4.79 Å². The maximum atomic E-state index is 11.9. The minimum Gasteiger partial charge on any atom is -0.351 e. The summed E-state index contributed by atoms with van der Waals surface area (Å²) in [6.45, 7) is 3.76. The molecule has 0 aliphatic heterocycles. The van der Waals surface area contributed by atoms with E-state index in [-0.39, 0.29) is 5.92 Å². The van der Waals surface area contributed by atoms with E-state index in [0.717, 1.165) is 4.88 Å². The number of nitrogens with zero attached hydrogens (tertiary/aromatic N) is 2. The van der Waals surface area contributed by atoms with Crippen LogP contribution >= 0.6 is 23.1 Å². The summed E-state index contributed by atoms with van der Waals surface area (Å²) >= 11 is 2.74. The quantitative estimate of drug-likeness (QED) is 0.726. The first kappa shape index (κ1) is 15.5. The number of carbonyl (C=O) groups excluding carboxylic acids is 2. The van der Waals surface area contributed by atoms with Gasteiger partial charge in [0.05, 0.1) is 10.1 Å². The number of H-pyrrole nitrogens is 1. The first-order chi connectivity index (χ1) is 9.97. The third-order valence-corrected chi connectivity index (χ3v) is 4.84. The zero-order valence-electron chi connectivity index (χ0n) is 11.5. The van der Waals surface area contributed by atoms with Gasteiger partial charge in [-0.25, -0.2) is 9.78 Å². The molecule has 0 spiro atoms. The predicted molar refractivity (Wildman–Crippen MR) is 81.9 cm³/mol. The van der Waals surface area contributed by atoms with Crippen LogP contribution in [0.1, 0.15) is 13.8 Å². The molecule has 21 heavy (non-hydrogen) atoms. The predicted octanol–water partition coefficient (Wildman–Crippen LogP) is 1.84. The van der Waals surface area contributed by atoms with Crippen LogP contribution in [-0.4, -0.2) is 32.4 Å². The molecule has 0 radical (unpaired) electrons. The van der Waals surface area contributed by atoms with Gasteiger partial charge >= 0.3 is 6.03 Å². The van der Waals surface area contributed by atoms with Crippen LogP contribution in [0.2, 0.25) is 0 Å². The molecule has 0 fully saturated rings. The Labute approximate surface area is 129 Å². The summed E-state index contributed by atoms with van der Waals surface area (Å²) in [5.41, 5.74) is 4.98. The number of nitrogens with one attached hydrogen (secondary N) is 2. The zero-order valence-corrected chi connectivity index (χ0v) is 13.1. The molecule has 7 nitrogen and oxygen atoms in total. The molecule has 0 aliphatic carbocycles. The number of primary amides is 1. The fourth-order valence-corrected chi connectivity index (χ4v) is 3.19. The zero-order chi connectivity index (χ0) is 15.4. The Hall–Kier alpha value is -1.87. The van der Waals surface area contributed by atoms with Crippen LogP contribution in [0.3, 0.4) is 0 Å².